The Hall–Kier alpha value is -0.990. The van der Waals surface area contributed by atoms with E-state index < -0.39 is 0 Å². The number of aromatic nitrogens is 2. The van der Waals surface area contributed by atoms with Crippen LogP contribution < -0.4 is 0 Å². The average molecular weight is 112 g/mol. The second-order valence-electron chi connectivity index (χ2n) is 1.46. The van der Waals surface area contributed by atoms with Gasteiger partial charge in [0.15, 0.2) is 0 Å². The van der Waals surface area contributed by atoms with Crippen LogP contribution in [-0.2, 0) is 0 Å². The summed E-state index contributed by atoms with van der Waals surface area (Å²) in [6.07, 6.45) is 1.32. The molecule has 0 aliphatic carbocycles. The molecule has 0 unspecified atom stereocenters. The first-order valence-corrected chi connectivity index (χ1v) is 2.24. The Kier molecular flexibility index (Phi) is 1.20. The smallest absolute Gasteiger partial charge is 0.147 e. The van der Waals surface area contributed by atoms with E-state index in [0.717, 1.165) is 0 Å². The molecule has 1 heterocycles. The Balaban J connectivity index is 3.13. The lowest BCUT2D eigenvalue weighted by molar-refractivity contribution is 0.601. The molecular weight excluding hydrogens is 107 g/mol. The highest BCUT2D eigenvalue weighted by atomic mass is 19.1. The largest absolute Gasteiger partial charge is 0.205 e. The fraction of sp³-hybridized carbons (Fsp3) is 0.200. The van der Waals surface area contributed by atoms with Crippen molar-refractivity contribution in [3.05, 3.63) is 23.8 Å². The van der Waals surface area contributed by atoms with Gasteiger partial charge in [0.1, 0.15) is 5.82 Å². The van der Waals surface area contributed by atoms with Gasteiger partial charge in [0.25, 0.3) is 0 Å². The van der Waals surface area contributed by atoms with Crippen LogP contribution in [0.4, 0.5) is 4.39 Å². The van der Waals surface area contributed by atoms with E-state index in [1.165, 1.54) is 12.3 Å². The van der Waals surface area contributed by atoms with Gasteiger partial charge in [0.2, 0.25) is 0 Å². The molecule has 42 valence electrons. The van der Waals surface area contributed by atoms with E-state index in [-0.39, 0.29) is 5.82 Å². The first-order valence-electron chi connectivity index (χ1n) is 2.24. The topological polar surface area (TPSA) is 25.8 Å². The molecule has 0 bridgehead atoms. The van der Waals surface area contributed by atoms with Crippen LogP contribution >= 0.6 is 0 Å². The van der Waals surface area contributed by atoms with Crippen LogP contribution in [0.3, 0.4) is 0 Å². The van der Waals surface area contributed by atoms with Crippen molar-refractivity contribution in [3.8, 4) is 0 Å². The molecule has 0 radical (unpaired) electrons. The molecule has 0 spiro atoms. The first kappa shape index (κ1) is 5.15. The maximum atomic E-state index is 12.2. The predicted octanol–water partition coefficient (Wildman–Crippen LogP) is 0.924. The highest BCUT2D eigenvalue weighted by Crippen LogP contribution is 1.95. The van der Waals surface area contributed by atoms with Gasteiger partial charge in [-0.3, -0.25) is 0 Å². The fourth-order valence-electron chi connectivity index (χ4n) is 0.387. The van der Waals surface area contributed by atoms with E-state index in [1.54, 1.807) is 6.92 Å². The van der Waals surface area contributed by atoms with E-state index in [0.29, 0.717) is 5.69 Å². The van der Waals surface area contributed by atoms with E-state index in [9.17, 15) is 4.39 Å². The van der Waals surface area contributed by atoms with Gasteiger partial charge >= 0.3 is 0 Å². The number of hydrogen-bond donors (Lipinski definition) is 0. The van der Waals surface area contributed by atoms with Crippen molar-refractivity contribution in [3.63, 3.8) is 0 Å². The molecule has 0 saturated heterocycles. The summed E-state index contributed by atoms with van der Waals surface area (Å²) in [5.74, 6) is -0.306. The zero-order valence-corrected chi connectivity index (χ0v) is 4.43. The van der Waals surface area contributed by atoms with Gasteiger partial charge in [-0.25, -0.2) is 4.39 Å². The summed E-state index contributed by atoms with van der Waals surface area (Å²) in [7, 11) is 0. The number of halogens is 1. The Bertz CT molecular complexity index is 167. The molecule has 0 aliphatic rings. The maximum absolute atomic E-state index is 12.2. The number of hydrogen-bond acceptors (Lipinski definition) is 2. The highest BCUT2D eigenvalue weighted by molar-refractivity contribution is 4.99. The molecule has 0 aliphatic heterocycles. The Morgan fingerprint density at radius 2 is 2.38 bits per heavy atom. The Morgan fingerprint density at radius 1 is 1.62 bits per heavy atom. The molecule has 1 aromatic heterocycles. The standard InChI is InChI=1S/C5H5FN2/c1-4-5(6)2-3-7-8-4/h2-3H,1H3. The molecule has 0 amide bonds. The van der Waals surface area contributed by atoms with Gasteiger partial charge in [0.05, 0.1) is 11.9 Å². The number of aryl methyl sites for hydroxylation is 1. The zero-order valence-electron chi connectivity index (χ0n) is 4.43. The van der Waals surface area contributed by atoms with Gasteiger partial charge < -0.3 is 0 Å². The highest BCUT2D eigenvalue weighted by Gasteiger charge is 1.91. The van der Waals surface area contributed by atoms with Crippen LogP contribution in [0.2, 0.25) is 0 Å². The van der Waals surface area contributed by atoms with Gasteiger partial charge in [-0.2, -0.15) is 10.2 Å². The molecule has 1 rings (SSSR count). The summed E-state index contributed by atoms with van der Waals surface area (Å²) in [5.41, 5.74) is 0.340. The third kappa shape index (κ3) is 0.804. The van der Waals surface area contributed by atoms with Crippen molar-refractivity contribution in [1.29, 1.82) is 0 Å². The summed E-state index contributed by atoms with van der Waals surface area (Å²) in [6.45, 7) is 1.57. The van der Waals surface area contributed by atoms with Crippen LogP contribution in [0.25, 0.3) is 0 Å². The van der Waals surface area contributed by atoms with Crippen molar-refractivity contribution >= 4 is 0 Å². The van der Waals surface area contributed by atoms with Crippen LogP contribution in [0, 0.1) is 12.7 Å². The Morgan fingerprint density at radius 3 is 2.75 bits per heavy atom. The second kappa shape index (κ2) is 1.86. The van der Waals surface area contributed by atoms with Gasteiger partial charge in [-0.1, -0.05) is 0 Å². The van der Waals surface area contributed by atoms with Gasteiger partial charge in [-0.15, -0.1) is 0 Å². The Labute approximate surface area is 46.4 Å². The van der Waals surface area contributed by atoms with Crippen molar-refractivity contribution in [2.45, 2.75) is 6.92 Å². The lowest BCUT2D eigenvalue weighted by atomic mass is 10.4. The second-order valence-corrected chi connectivity index (χ2v) is 1.46. The number of rotatable bonds is 0. The van der Waals surface area contributed by atoms with Crippen LogP contribution in [0.5, 0.6) is 0 Å². The third-order valence-electron chi connectivity index (χ3n) is 0.841. The quantitative estimate of drug-likeness (QED) is 0.498. The lowest BCUT2D eigenvalue weighted by Crippen LogP contribution is -1.87. The predicted molar refractivity (Wildman–Crippen MR) is 26.7 cm³/mol. The SMILES string of the molecule is Cc1nnccc1F. The molecule has 0 aromatic carbocycles. The summed E-state index contributed by atoms with van der Waals surface area (Å²) in [6, 6.07) is 1.28. The molecule has 0 N–H and O–H groups in total. The number of nitrogens with zero attached hydrogens (tertiary/aromatic N) is 2. The van der Waals surface area contributed by atoms with E-state index in [4.69, 9.17) is 0 Å². The first-order chi connectivity index (χ1) is 3.80. The van der Waals surface area contributed by atoms with E-state index in [1.807, 2.05) is 0 Å². The van der Waals surface area contributed by atoms with Gasteiger partial charge in [-0.05, 0) is 13.0 Å². The zero-order chi connectivity index (χ0) is 5.98. The molecular formula is C5H5FN2. The normalized spacial score (nSPS) is 9.25. The minimum absolute atomic E-state index is 0.306. The van der Waals surface area contributed by atoms with Crippen LogP contribution in [0.1, 0.15) is 5.69 Å². The molecule has 0 fully saturated rings. The van der Waals surface area contributed by atoms with Crippen molar-refractivity contribution in [1.82, 2.24) is 10.2 Å². The summed E-state index contributed by atoms with van der Waals surface area (Å²) < 4.78 is 12.2. The monoisotopic (exact) mass is 112 g/mol. The summed E-state index contributed by atoms with van der Waals surface area (Å²) >= 11 is 0. The third-order valence-corrected chi connectivity index (χ3v) is 0.841. The summed E-state index contributed by atoms with van der Waals surface area (Å²) in [4.78, 5) is 0. The lowest BCUT2D eigenvalue weighted by Gasteiger charge is -1.87. The van der Waals surface area contributed by atoms with E-state index >= 15 is 0 Å². The average Bonchev–Trinajstić information content (AvgIpc) is 1.77. The molecule has 3 heteroatoms. The molecule has 0 atom stereocenters. The molecule has 8 heavy (non-hydrogen) atoms. The molecule has 2 nitrogen and oxygen atoms in total. The van der Waals surface area contributed by atoms with Crippen molar-refractivity contribution < 1.29 is 4.39 Å². The van der Waals surface area contributed by atoms with Crippen molar-refractivity contribution in [2.24, 2.45) is 0 Å². The van der Waals surface area contributed by atoms with Crippen molar-refractivity contribution in [2.75, 3.05) is 0 Å². The minimum Gasteiger partial charge on any atom is -0.205 e. The van der Waals surface area contributed by atoms with E-state index in [2.05, 4.69) is 10.2 Å². The van der Waals surface area contributed by atoms with Gasteiger partial charge in [0, 0.05) is 0 Å². The minimum atomic E-state index is -0.306. The van der Waals surface area contributed by atoms with Crippen LogP contribution in [-0.4, -0.2) is 10.2 Å². The molecule has 0 saturated carbocycles. The van der Waals surface area contributed by atoms with Crippen LogP contribution in [0.15, 0.2) is 12.3 Å². The summed E-state index contributed by atoms with van der Waals surface area (Å²) in [5, 5.41) is 6.91. The maximum Gasteiger partial charge on any atom is 0.147 e. The fourth-order valence-corrected chi connectivity index (χ4v) is 0.387. The molecule has 1 aromatic rings.